The lowest BCUT2D eigenvalue weighted by atomic mass is 9.93. The van der Waals surface area contributed by atoms with Gasteiger partial charge in [0.25, 0.3) is 5.91 Å². The summed E-state index contributed by atoms with van der Waals surface area (Å²) in [6, 6.07) is 5.69. The van der Waals surface area contributed by atoms with Crippen LogP contribution in [0.4, 0.5) is 5.69 Å². The van der Waals surface area contributed by atoms with E-state index in [4.69, 9.17) is 0 Å². The summed E-state index contributed by atoms with van der Waals surface area (Å²) in [5, 5.41) is 12.6. The molecule has 0 radical (unpaired) electrons. The predicted molar refractivity (Wildman–Crippen MR) is 83.9 cm³/mol. The molecule has 0 bridgehead atoms. The lowest BCUT2D eigenvalue weighted by Gasteiger charge is -2.26. The van der Waals surface area contributed by atoms with Crippen molar-refractivity contribution in [1.29, 1.82) is 0 Å². The monoisotopic (exact) mass is 302 g/mol. The number of hydrogen-bond donors (Lipinski definition) is 2. The molecule has 2 aliphatic rings. The Hall–Kier alpha value is -1.88. The minimum Gasteiger partial charge on any atom is -0.393 e. The van der Waals surface area contributed by atoms with Crippen LogP contribution in [0.15, 0.2) is 18.2 Å². The summed E-state index contributed by atoms with van der Waals surface area (Å²) in [6.07, 6.45) is 3.74. The van der Waals surface area contributed by atoms with Gasteiger partial charge in [-0.25, -0.2) is 0 Å². The first kappa shape index (κ1) is 15.0. The van der Waals surface area contributed by atoms with Crippen LogP contribution in [0.1, 0.15) is 48.5 Å². The number of aliphatic hydroxyl groups is 1. The molecule has 5 heteroatoms. The number of benzene rings is 1. The molecular formula is C17H22N2O3. The molecule has 2 N–H and O–H groups in total. The van der Waals surface area contributed by atoms with E-state index >= 15 is 0 Å². The molecule has 22 heavy (non-hydrogen) atoms. The maximum atomic E-state index is 12.4. The number of amides is 2. The van der Waals surface area contributed by atoms with Crippen molar-refractivity contribution < 1.29 is 14.7 Å². The van der Waals surface area contributed by atoms with Crippen molar-refractivity contribution in [2.75, 3.05) is 11.4 Å². The van der Waals surface area contributed by atoms with Crippen LogP contribution in [-0.4, -0.2) is 35.6 Å². The zero-order valence-electron chi connectivity index (χ0n) is 12.8. The van der Waals surface area contributed by atoms with E-state index in [1.807, 2.05) is 12.1 Å². The van der Waals surface area contributed by atoms with E-state index in [2.05, 4.69) is 5.32 Å². The van der Waals surface area contributed by atoms with Crippen molar-refractivity contribution in [3.8, 4) is 0 Å². The van der Waals surface area contributed by atoms with Gasteiger partial charge in [-0.15, -0.1) is 0 Å². The Morgan fingerprint density at radius 3 is 2.64 bits per heavy atom. The highest BCUT2D eigenvalue weighted by Gasteiger charge is 2.24. The summed E-state index contributed by atoms with van der Waals surface area (Å²) in [5.74, 6) is -0.0258. The van der Waals surface area contributed by atoms with Crippen LogP contribution in [0.3, 0.4) is 0 Å². The summed E-state index contributed by atoms with van der Waals surface area (Å²) in [7, 11) is 0. The first-order valence-electron chi connectivity index (χ1n) is 7.94. The standard InChI is InChI=1S/C17H22N2O3/c1-11(20)19-9-8-12-10-13(2-7-16(12)19)17(22)18-14-3-5-15(21)6-4-14/h2,7,10,14-15,21H,3-6,8-9H2,1H3,(H,18,22). The van der Waals surface area contributed by atoms with Gasteiger partial charge in [0.1, 0.15) is 0 Å². The van der Waals surface area contributed by atoms with Crippen molar-refractivity contribution in [2.45, 2.75) is 51.2 Å². The fourth-order valence-corrected chi connectivity index (χ4v) is 3.36. The lowest BCUT2D eigenvalue weighted by molar-refractivity contribution is -0.116. The van der Waals surface area contributed by atoms with E-state index in [0.29, 0.717) is 12.1 Å². The van der Waals surface area contributed by atoms with Crippen molar-refractivity contribution in [1.82, 2.24) is 5.32 Å². The van der Waals surface area contributed by atoms with Gasteiger partial charge in [0.05, 0.1) is 6.10 Å². The van der Waals surface area contributed by atoms with Gasteiger partial charge in [0.2, 0.25) is 5.91 Å². The molecule has 1 aliphatic carbocycles. The minimum atomic E-state index is -0.217. The van der Waals surface area contributed by atoms with Gasteiger partial charge in [0.15, 0.2) is 0 Å². The number of fused-ring (bicyclic) bond motifs is 1. The predicted octanol–water partition coefficient (Wildman–Crippen LogP) is 1.63. The molecule has 1 aromatic carbocycles. The molecule has 1 fully saturated rings. The van der Waals surface area contributed by atoms with Gasteiger partial charge in [-0.2, -0.15) is 0 Å². The number of aliphatic hydroxyl groups excluding tert-OH is 1. The van der Waals surface area contributed by atoms with Crippen LogP contribution >= 0.6 is 0 Å². The number of hydrogen-bond acceptors (Lipinski definition) is 3. The van der Waals surface area contributed by atoms with Gasteiger partial charge in [-0.1, -0.05) is 0 Å². The number of carbonyl (C=O) groups is 2. The van der Waals surface area contributed by atoms with E-state index in [1.54, 1.807) is 17.9 Å². The zero-order chi connectivity index (χ0) is 15.7. The van der Waals surface area contributed by atoms with Crippen molar-refractivity contribution in [3.63, 3.8) is 0 Å². The Balaban J connectivity index is 1.68. The number of rotatable bonds is 2. The molecule has 3 rings (SSSR count). The fourth-order valence-electron chi connectivity index (χ4n) is 3.36. The molecule has 1 aliphatic heterocycles. The molecule has 118 valence electrons. The summed E-state index contributed by atoms with van der Waals surface area (Å²) < 4.78 is 0. The van der Waals surface area contributed by atoms with Gasteiger partial charge in [-0.3, -0.25) is 9.59 Å². The molecule has 0 atom stereocenters. The van der Waals surface area contributed by atoms with Crippen LogP contribution in [-0.2, 0) is 11.2 Å². The number of carbonyl (C=O) groups excluding carboxylic acids is 2. The lowest BCUT2D eigenvalue weighted by Crippen LogP contribution is -2.38. The molecule has 0 unspecified atom stereocenters. The fraction of sp³-hybridized carbons (Fsp3) is 0.529. The minimum absolute atomic E-state index is 0.0386. The maximum absolute atomic E-state index is 12.4. The molecule has 0 saturated heterocycles. The second-order valence-corrected chi connectivity index (χ2v) is 6.24. The Bertz CT molecular complexity index is 592. The first-order chi connectivity index (χ1) is 10.5. The zero-order valence-corrected chi connectivity index (χ0v) is 12.8. The van der Waals surface area contributed by atoms with Gasteiger partial charge in [0, 0.05) is 30.8 Å². The van der Waals surface area contributed by atoms with Crippen LogP contribution in [0.2, 0.25) is 0 Å². The molecule has 1 saturated carbocycles. The quantitative estimate of drug-likeness (QED) is 0.872. The number of nitrogens with one attached hydrogen (secondary N) is 1. The van der Waals surface area contributed by atoms with E-state index in [-0.39, 0.29) is 24.0 Å². The molecule has 1 heterocycles. The van der Waals surface area contributed by atoms with Crippen molar-refractivity contribution >= 4 is 17.5 Å². The SMILES string of the molecule is CC(=O)N1CCc2cc(C(=O)NC3CCC(O)CC3)ccc21. The van der Waals surface area contributed by atoms with Crippen LogP contribution in [0.5, 0.6) is 0 Å². The molecule has 0 aromatic heterocycles. The molecule has 2 amide bonds. The second-order valence-electron chi connectivity index (χ2n) is 6.24. The van der Waals surface area contributed by atoms with Gasteiger partial charge < -0.3 is 15.3 Å². The Kier molecular flexibility index (Phi) is 4.16. The second kappa shape index (κ2) is 6.08. The van der Waals surface area contributed by atoms with Crippen LogP contribution < -0.4 is 10.2 Å². The van der Waals surface area contributed by atoms with E-state index in [1.165, 1.54) is 0 Å². The molecule has 1 aromatic rings. The van der Waals surface area contributed by atoms with E-state index in [9.17, 15) is 14.7 Å². The average Bonchev–Trinajstić information content (AvgIpc) is 2.92. The number of nitrogens with zero attached hydrogens (tertiary/aromatic N) is 1. The summed E-state index contributed by atoms with van der Waals surface area (Å²) in [5.41, 5.74) is 2.63. The van der Waals surface area contributed by atoms with Crippen LogP contribution in [0.25, 0.3) is 0 Å². The maximum Gasteiger partial charge on any atom is 0.251 e. The molecule has 0 spiro atoms. The van der Waals surface area contributed by atoms with Gasteiger partial charge >= 0.3 is 0 Å². The highest BCUT2D eigenvalue weighted by Crippen LogP contribution is 2.29. The molecule has 5 nitrogen and oxygen atoms in total. The smallest absolute Gasteiger partial charge is 0.251 e. The van der Waals surface area contributed by atoms with Crippen LogP contribution in [0, 0.1) is 0 Å². The Morgan fingerprint density at radius 2 is 1.95 bits per heavy atom. The molecular weight excluding hydrogens is 280 g/mol. The van der Waals surface area contributed by atoms with E-state index < -0.39 is 0 Å². The summed E-state index contributed by atoms with van der Waals surface area (Å²) in [6.45, 7) is 2.25. The Morgan fingerprint density at radius 1 is 1.23 bits per heavy atom. The largest absolute Gasteiger partial charge is 0.393 e. The first-order valence-corrected chi connectivity index (χ1v) is 7.94. The van der Waals surface area contributed by atoms with Crippen molar-refractivity contribution in [3.05, 3.63) is 29.3 Å². The third kappa shape index (κ3) is 2.99. The third-order valence-electron chi connectivity index (χ3n) is 4.65. The summed E-state index contributed by atoms with van der Waals surface area (Å²) in [4.78, 5) is 25.6. The average molecular weight is 302 g/mol. The topological polar surface area (TPSA) is 69.6 Å². The Labute approximate surface area is 130 Å². The van der Waals surface area contributed by atoms with Crippen molar-refractivity contribution in [2.24, 2.45) is 0 Å². The normalized spacial score (nSPS) is 24.0. The van der Waals surface area contributed by atoms with Gasteiger partial charge in [-0.05, 0) is 55.9 Å². The third-order valence-corrected chi connectivity index (χ3v) is 4.65. The highest BCUT2D eigenvalue weighted by atomic mass is 16.3. The highest BCUT2D eigenvalue weighted by molar-refractivity contribution is 5.98. The number of anilines is 1. The summed E-state index contributed by atoms with van der Waals surface area (Å²) >= 11 is 0. The van der Waals surface area contributed by atoms with E-state index in [0.717, 1.165) is 43.4 Å².